The quantitative estimate of drug-likeness (QED) is 0.744. The Morgan fingerprint density at radius 3 is 2.88 bits per heavy atom. The van der Waals surface area contributed by atoms with Gasteiger partial charge in [-0.25, -0.2) is 9.78 Å². The molecule has 0 aliphatic rings. The number of aromatic nitrogens is 3. The third kappa shape index (κ3) is 3.90. The Bertz CT molecular complexity index is 901. The van der Waals surface area contributed by atoms with Crippen LogP contribution in [0.3, 0.4) is 0 Å². The fourth-order valence-electron chi connectivity index (χ4n) is 2.23. The van der Waals surface area contributed by atoms with Crippen LogP contribution >= 0.6 is 11.3 Å². The van der Waals surface area contributed by atoms with E-state index in [0.29, 0.717) is 17.6 Å². The molecule has 0 aliphatic carbocycles. The van der Waals surface area contributed by atoms with Gasteiger partial charge in [0.1, 0.15) is 11.6 Å². The first-order chi connectivity index (χ1) is 12.0. The maximum atomic E-state index is 12.0. The molecule has 1 aromatic carbocycles. The largest absolute Gasteiger partial charge is 0.497 e. The predicted octanol–water partition coefficient (Wildman–Crippen LogP) is 4.00. The van der Waals surface area contributed by atoms with Crippen molar-refractivity contribution >= 4 is 33.5 Å². The van der Waals surface area contributed by atoms with Gasteiger partial charge in [-0.2, -0.15) is 9.78 Å². The first kappa shape index (κ1) is 17.2. The van der Waals surface area contributed by atoms with Crippen LogP contribution in [0.25, 0.3) is 15.3 Å². The lowest BCUT2D eigenvalue weighted by Crippen LogP contribution is -2.18. The van der Waals surface area contributed by atoms with Crippen molar-refractivity contribution in [3.63, 3.8) is 0 Å². The topological polar surface area (TPSA) is 78.3 Å². The van der Waals surface area contributed by atoms with Gasteiger partial charge in [0.05, 0.1) is 29.6 Å². The summed E-state index contributed by atoms with van der Waals surface area (Å²) in [5, 5.41) is 7.83. The summed E-state index contributed by atoms with van der Waals surface area (Å²) in [5.74, 6) is 1.57. The highest BCUT2D eigenvalue weighted by molar-refractivity contribution is 7.20. The van der Waals surface area contributed by atoms with E-state index in [1.807, 2.05) is 39.0 Å². The molecule has 2 heterocycles. The van der Waals surface area contributed by atoms with Crippen LogP contribution in [0.4, 0.5) is 10.6 Å². The lowest BCUT2D eigenvalue weighted by molar-refractivity contribution is 0.147. The van der Waals surface area contributed by atoms with Crippen molar-refractivity contribution in [1.29, 1.82) is 0 Å². The van der Waals surface area contributed by atoms with E-state index in [-0.39, 0.29) is 5.92 Å². The molecule has 8 heteroatoms. The molecule has 0 radical (unpaired) electrons. The molecule has 3 rings (SSSR count). The average molecular weight is 360 g/mol. The minimum atomic E-state index is -0.502. The first-order valence-corrected chi connectivity index (χ1v) is 8.73. The molecule has 25 heavy (non-hydrogen) atoms. The molecule has 1 N–H and O–H groups in total. The molecular formula is C17H20N4O3S. The second-order valence-electron chi connectivity index (χ2n) is 6.03. The van der Waals surface area contributed by atoms with Gasteiger partial charge in [-0.05, 0) is 31.0 Å². The zero-order chi connectivity index (χ0) is 18.0. The summed E-state index contributed by atoms with van der Waals surface area (Å²) in [7, 11) is 1.63. The Morgan fingerprint density at radius 2 is 2.16 bits per heavy atom. The van der Waals surface area contributed by atoms with E-state index in [1.165, 1.54) is 11.3 Å². The zero-order valence-electron chi connectivity index (χ0n) is 14.6. The Kier molecular flexibility index (Phi) is 4.89. The second-order valence-corrected chi connectivity index (χ2v) is 7.04. The maximum Gasteiger partial charge on any atom is 0.412 e. The molecule has 0 saturated carbocycles. The number of fused-ring (bicyclic) bond motifs is 1. The number of anilines is 1. The number of thiazole rings is 1. The van der Waals surface area contributed by atoms with Crippen molar-refractivity contribution in [2.75, 3.05) is 19.0 Å². The monoisotopic (exact) mass is 360 g/mol. The number of aryl methyl sites for hydroxylation is 1. The van der Waals surface area contributed by atoms with Crippen LogP contribution in [0.15, 0.2) is 24.3 Å². The van der Waals surface area contributed by atoms with E-state index in [0.717, 1.165) is 21.7 Å². The molecule has 0 spiro atoms. The fraction of sp³-hybridized carbons (Fsp3) is 0.353. The number of nitrogens with one attached hydrogen (secondary N) is 1. The molecule has 3 aromatic rings. The van der Waals surface area contributed by atoms with Crippen molar-refractivity contribution < 1.29 is 14.3 Å². The van der Waals surface area contributed by atoms with Gasteiger partial charge >= 0.3 is 6.09 Å². The smallest absolute Gasteiger partial charge is 0.412 e. The molecule has 0 saturated heterocycles. The Morgan fingerprint density at radius 1 is 1.36 bits per heavy atom. The average Bonchev–Trinajstić information content (AvgIpc) is 3.15. The number of rotatable bonds is 5. The molecule has 0 fully saturated rings. The van der Waals surface area contributed by atoms with Crippen molar-refractivity contribution in [2.45, 2.75) is 20.8 Å². The SMILES string of the molecule is COc1ccc2nc(-n3nc(C)cc3NC(=O)OCC(C)C)sc2c1. The second kappa shape index (κ2) is 7.10. The van der Waals surface area contributed by atoms with Crippen LogP contribution in [0, 0.1) is 12.8 Å². The van der Waals surface area contributed by atoms with Crippen LogP contribution in [0.1, 0.15) is 19.5 Å². The summed E-state index contributed by atoms with van der Waals surface area (Å²) in [6.45, 7) is 6.19. The van der Waals surface area contributed by atoms with Crippen LogP contribution in [0.5, 0.6) is 5.75 Å². The molecule has 7 nitrogen and oxygen atoms in total. The van der Waals surface area contributed by atoms with Crippen LogP contribution in [0.2, 0.25) is 0 Å². The van der Waals surface area contributed by atoms with E-state index in [4.69, 9.17) is 9.47 Å². The third-order valence-corrected chi connectivity index (χ3v) is 4.37. The van der Waals surface area contributed by atoms with E-state index in [9.17, 15) is 4.79 Å². The number of benzene rings is 1. The number of amides is 1. The molecule has 132 valence electrons. The van der Waals surface area contributed by atoms with E-state index in [2.05, 4.69) is 15.4 Å². The zero-order valence-corrected chi connectivity index (χ0v) is 15.4. The van der Waals surface area contributed by atoms with Gasteiger partial charge in [0.15, 0.2) is 0 Å². The molecule has 2 aromatic heterocycles. The van der Waals surface area contributed by atoms with Gasteiger partial charge in [0, 0.05) is 6.07 Å². The van der Waals surface area contributed by atoms with Gasteiger partial charge in [0.2, 0.25) is 5.13 Å². The van der Waals surface area contributed by atoms with E-state index in [1.54, 1.807) is 17.9 Å². The minimum Gasteiger partial charge on any atom is -0.497 e. The van der Waals surface area contributed by atoms with Crippen molar-refractivity contribution in [2.24, 2.45) is 5.92 Å². The summed E-state index contributed by atoms with van der Waals surface area (Å²) < 4.78 is 13.0. The molecule has 0 unspecified atom stereocenters. The fourth-order valence-corrected chi connectivity index (χ4v) is 3.19. The molecule has 0 atom stereocenters. The Balaban J connectivity index is 1.88. The van der Waals surface area contributed by atoms with Crippen LogP contribution in [-0.2, 0) is 4.74 Å². The minimum absolute atomic E-state index is 0.275. The number of hydrogen-bond acceptors (Lipinski definition) is 6. The maximum absolute atomic E-state index is 12.0. The number of hydrogen-bond donors (Lipinski definition) is 1. The number of carbonyl (C=O) groups excluding carboxylic acids is 1. The van der Waals surface area contributed by atoms with Crippen molar-refractivity contribution in [1.82, 2.24) is 14.8 Å². The van der Waals surface area contributed by atoms with Crippen molar-refractivity contribution in [3.05, 3.63) is 30.0 Å². The standard InChI is InChI=1S/C17H20N4O3S/c1-10(2)9-24-17(22)19-15-7-11(3)20-21(15)16-18-13-6-5-12(23-4)8-14(13)25-16/h5-8,10H,9H2,1-4H3,(H,19,22). The van der Waals surface area contributed by atoms with Crippen molar-refractivity contribution in [3.8, 4) is 10.9 Å². The first-order valence-electron chi connectivity index (χ1n) is 7.91. The molecular weight excluding hydrogens is 340 g/mol. The van der Waals surface area contributed by atoms with Crippen LogP contribution in [-0.4, -0.2) is 34.6 Å². The highest BCUT2D eigenvalue weighted by atomic mass is 32.1. The summed E-state index contributed by atoms with van der Waals surface area (Å²) in [4.78, 5) is 16.5. The number of methoxy groups -OCH3 is 1. The lowest BCUT2D eigenvalue weighted by atomic mass is 10.2. The van der Waals surface area contributed by atoms with Gasteiger partial charge in [-0.3, -0.25) is 5.32 Å². The van der Waals surface area contributed by atoms with Gasteiger partial charge in [-0.15, -0.1) is 0 Å². The van der Waals surface area contributed by atoms with Gasteiger partial charge in [-0.1, -0.05) is 25.2 Å². The summed E-state index contributed by atoms with van der Waals surface area (Å²) in [5.41, 5.74) is 1.62. The number of nitrogens with zero attached hydrogens (tertiary/aromatic N) is 3. The van der Waals surface area contributed by atoms with Gasteiger partial charge < -0.3 is 9.47 Å². The highest BCUT2D eigenvalue weighted by Crippen LogP contribution is 2.30. The lowest BCUT2D eigenvalue weighted by Gasteiger charge is -2.09. The normalized spacial score (nSPS) is 11.1. The van der Waals surface area contributed by atoms with E-state index >= 15 is 0 Å². The Labute approximate surface area is 149 Å². The Hall–Kier alpha value is -2.61. The summed E-state index contributed by atoms with van der Waals surface area (Å²) >= 11 is 1.47. The molecule has 0 bridgehead atoms. The predicted molar refractivity (Wildman–Crippen MR) is 97.8 cm³/mol. The van der Waals surface area contributed by atoms with E-state index < -0.39 is 6.09 Å². The molecule has 0 aliphatic heterocycles. The molecule has 1 amide bonds. The number of ether oxygens (including phenoxy) is 2. The third-order valence-electron chi connectivity index (χ3n) is 3.37. The summed E-state index contributed by atoms with van der Waals surface area (Å²) in [6.07, 6.45) is -0.502. The summed E-state index contributed by atoms with van der Waals surface area (Å²) in [6, 6.07) is 7.47. The number of carbonyl (C=O) groups is 1. The van der Waals surface area contributed by atoms with Gasteiger partial charge in [0.25, 0.3) is 0 Å². The highest BCUT2D eigenvalue weighted by Gasteiger charge is 2.15. The van der Waals surface area contributed by atoms with Crippen LogP contribution < -0.4 is 10.1 Å².